The number of aromatic amines is 1. The molecule has 0 radical (unpaired) electrons. The summed E-state index contributed by atoms with van der Waals surface area (Å²) in [6.07, 6.45) is 5.28. The molecular formula is C16H16FN5. The van der Waals surface area contributed by atoms with Crippen LogP contribution < -0.4 is 5.32 Å². The lowest BCUT2D eigenvalue weighted by molar-refractivity contribution is 0.628. The van der Waals surface area contributed by atoms with Crippen molar-refractivity contribution in [3.63, 3.8) is 0 Å². The molecule has 0 saturated heterocycles. The Bertz CT molecular complexity index is 734. The summed E-state index contributed by atoms with van der Waals surface area (Å²) >= 11 is 0. The van der Waals surface area contributed by atoms with E-state index in [-0.39, 0.29) is 5.82 Å². The summed E-state index contributed by atoms with van der Waals surface area (Å²) in [6, 6.07) is 6.35. The van der Waals surface area contributed by atoms with Gasteiger partial charge in [0.05, 0.1) is 23.3 Å². The number of aromatic nitrogens is 4. The van der Waals surface area contributed by atoms with Crippen molar-refractivity contribution >= 4 is 0 Å². The Labute approximate surface area is 127 Å². The van der Waals surface area contributed by atoms with Crippen LogP contribution in [0.5, 0.6) is 0 Å². The van der Waals surface area contributed by atoms with Crippen molar-refractivity contribution in [3.8, 4) is 11.3 Å². The third-order valence-corrected chi connectivity index (χ3v) is 3.31. The van der Waals surface area contributed by atoms with Crippen molar-refractivity contribution < 1.29 is 4.39 Å². The molecular weight excluding hydrogens is 281 g/mol. The Kier molecular flexibility index (Phi) is 4.20. The zero-order chi connectivity index (χ0) is 15.4. The van der Waals surface area contributed by atoms with Crippen LogP contribution in [0.4, 0.5) is 4.39 Å². The number of hydrogen-bond donors (Lipinski definition) is 2. The van der Waals surface area contributed by atoms with E-state index in [1.54, 1.807) is 30.7 Å². The van der Waals surface area contributed by atoms with Crippen molar-refractivity contribution in [1.82, 2.24) is 25.5 Å². The molecule has 1 aromatic carbocycles. The first kappa shape index (κ1) is 14.3. The number of aryl methyl sites for hydroxylation is 1. The molecule has 5 nitrogen and oxygen atoms in total. The predicted molar refractivity (Wildman–Crippen MR) is 81.3 cm³/mol. The van der Waals surface area contributed by atoms with Crippen molar-refractivity contribution in [2.24, 2.45) is 0 Å². The summed E-state index contributed by atoms with van der Waals surface area (Å²) in [5.74, 6) is -0.249. The summed E-state index contributed by atoms with van der Waals surface area (Å²) in [4.78, 5) is 8.51. The third kappa shape index (κ3) is 3.35. The van der Waals surface area contributed by atoms with Crippen LogP contribution in [-0.4, -0.2) is 20.2 Å². The van der Waals surface area contributed by atoms with E-state index in [0.29, 0.717) is 13.1 Å². The van der Waals surface area contributed by atoms with Crippen molar-refractivity contribution in [3.05, 3.63) is 65.6 Å². The Morgan fingerprint density at radius 2 is 1.86 bits per heavy atom. The van der Waals surface area contributed by atoms with Crippen molar-refractivity contribution in [2.45, 2.75) is 20.0 Å². The van der Waals surface area contributed by atoms with Gasteiger partial charge in [0, 0.05) is 36.6 Å². The minimum atomic E-state index is -0.249. The molecule has 0 atom stereocenters. The van der Waals surface area contributed by atoms with Crippen LogP contribution in [0.25, 0.3) is 11.3 Å². The molecule has 0 spiro atoms. The highest BCUT2D eigenvalue weighted by molar-refractivity contribution is 5.62. The minimum absolute atomic E-state index is 0.249. The van der Waals surface area contributed by atoms with Crippen molar-refractivity contribution in [1.29, 1.82) is 0 Å². The molecule has 2 heterocycles. The highest BCUT2D eigenvalue weighted by Crippen LogP contribution is 2.21. The molecule has 6 heteroatoms. The Morgan fingerprint density at radius 3 is 2.59 bits per heavy atom. The van der Waals surface area contributed by atoms with E-state index in [0.717, 1.165) is 28.2 Å². The second-order valence-corrected chi connectivity index (χ2v) is 5.03. The second kappa shape index (κ2) is 6.44. The molecule has 3 rings (SSSR count). The van der Waals surface area contributed by atoms with Crippen molar-refractivity contribution in [2.75, 3.05) is 0 Å². The zero-order valence-electron chi connectivity index (χ0n) is 12.2. The molecule has 0 aliphatic carbocycles. The molecule has 0 amide bonds. The van der Waals surface area contributed by atoms with Gasteiger partial charge in [-0.25, -0.2) is 4.39 Å². The van der Waals surface area contributed by atoms with Gasteiger partial charge in [-0.15, -0.1) is 0 Å². The van der Waals surface area contributed by atoms with Gasteiger partial charge in [-0.2, -0.15) is 5.10 Å². The van der Waals surface area contributed by atoms with E-state index in [2.05, 4.69) is 25.5 Å². The van der Waals surface area contributed by atoms with Crippen LogP contribution >= 0.6 is 0 Å². The van der Waals surface area contributed by atoms with E-state index >= 15 is 0 Å². The fourth-order valence-corrected chi connectivity index (χ4v) is 2.15. The molecule has 0 aliphatic heterocycles. The largest absolute Gasteiger partial charge is 0.307 e. The fourth-order valence-electron chi connectivity index (χ4n) is 2.15. The van der Waals surface area contributed by atoms with Crippen LogP contribution in [0, 0.1) is 12.7 Å². The lowest BCUT2D eigenvalue weighted by atomic mass is 10.1. The Balaban J connectivity index is 1.65. The van der Waals surface area contributed by atoms with E-state index in [9.17, 15) is 4.39 Å². The zero-order valence-corrected chi connectivity index (χ0v) is 12.2. The number of halogens is 1. The number of benzene rings is 1. The Hall–Kier alpha value is -2.60. The van der Waals surface area contributed by atoms with Crippen LogP contribution in [0.2, 0.25) is 0 Å². The maximum absolute atomic E-state index is 13.0. The standard InChI is InChI=1S/C16H16FN5/c1-11-6-20-15(10-19-11)9-18-7-13-8-21-22-16(13)12-2-4-14(17)5-3-12/h2-6,8,10,18H,7,9H2,1H3,(H,21,22). The molecule has 22 heavy (non-hydrogen) atoms. The predicted octanol–water partition coefficient (Wildman–Crippen LogP) is 2.60. The number of hydrogen-bond acceptors (Lipinski definition) is 4. The molecule has 0 unspecified atom stereocenters. The number of rotatable bonds is 5. The molecule has 2 N–H and O–H groups in total. The first-order chi connectivity index (χ1) is 10.7. The van der Waals surface area contributed by atoms with E-state index in [1.165, 1.54) is 12.1 Å². The van der Waals surface area contributed by atoms with Gasteiger partial charge in [0.2, 0.25) is 0 Å². The molecule has 3 aromatic rings. The highest BCUT2D eigenvalue weighted by Gasteiger charge is 2.07. The molecule has 0 bridgehead atoms. The maximum Gasteiger partial charge on any atom is 0.123 e. The van der Waals surface area contributed by atoms with Gasteiger partial charge >= 0.3 is 0 Å². The first-order valence-electron chi connectivity index (χ1n) is 6.99. The van der Waals surface area contributed by atoms with Gasteiger partial charge < -0.3 is 5.32 Å². The molecule has 0 aliphatic rings. The molecule has 2 aromatic heterocycles. The average Bonchev–Trinajstić information content (AvgIpc) is 2.98. The average molecular weight is 297 g/mol. The summed E-state index contributed by atoms with van der Waals surface area (Å²) in [5.41, 5.74) is 4.61. The van der Waals surface area contributed by atoms with Gasteiger partial charge in [0.25, 0.3) is 0 Å². The summed E-state index contributed by atoms with van der Waals surface area (Å²) < 4.78 is 13.0. The van der Waals surface area contributed by atoms with Crippen LogP contribution in [0.3, 0.4) is 0 Å². The minimum Gasteiger partial charge on any atom is -0.307 e. The quantitative estimate of drug-likeness (QED) is 0.759. The fraction of sp³-hybridized carbons (Fsp3) is 0.188. The van der Waals surface area contributed by atoms with E-state index < -0.39 is 0 Å². The first-order valence-corrected chi connectivity index (χ1v) is 6.99. The number of H-pyrrole nitrogens is 1. The summed E-state index contributed by atoms with van der Waals surface area (Å²) in [7, 11) is 0. The van der Waals surface area contributed by atoms with Crippen LogP contribution in [0.1, 0.15) is 17.0 Å². The molecule has 0 fully saturated rings. The highest BCUT2D eigenvalue weighted by atomic mass is 19.1. The van der Waals surface area contributed by atoms with E-state index in [4.69, 9.17) is 0 Å². The Morgan fingerprint density at radius 1 is 1.05 bits per heavy atom. The van der Waals surface area contributed by atoms with E-state index in [1.807, 2.05) is 6.92 Å². The van der Waals surface area contributed by atoms with Gasteiger partial charge in [-0.3, -0.25) is 15.1 Å². The number of nitrogens with zero attached hydrogens (tertiary/aromatic N) is 3. The topological polar surface area (TPSA) is 66.5 Å². The van der Waals surface area contributed by atoms with Gasteiger partial charge in [0.15, 0.2) is 0 Å². The third-order valence-electron chi connectivity index (χ3n) is 3.31. The SMILES string of the molecule is Cc1cnc(CNCc2cn[nH]c2-c2ccc(F)cc2)cn1. The van der Waals surface area contributed by atoms with Gasteiger partial charge in [0.1, 0.15) is 5.82 Å². The number of nitrogens with one attached hydrogen (secondary N) is 2. The summed E-state index contributed by atoms with van der Waals surface area (Å²) in [6.45, 7) is 3.17. The van der Waals surface area contributed by atoms with Crippen LogP contribution in [0.15, 0.2) is 42.9 Å². The normalized spacial score (nSPS) is 10.8. The maximum atomic E-state index is 13.0. The molecule has 112 valence electrons. The van der Waals surface area contributed by atoms with Gasteiger partial charge in [-0.1, -0.05) is 0 Å². The van der Waals surface area contributed by atoms with Gasteiger partial charge in [-0.05, 0) is 31.2 Å². The smallest absolute Gasteiger partial charge is 0.123 e. The lowest BCUT2D eigenvalue weighted by Crippen LogP contribution is -2.14. The second-order valence-electron chi connectivity index (χ2n) is 5.03. The van der Waals surface area contributed by atoms with Crippen LogP contribution in [-0.2, 0) is 13.1 Å². The molecule has 0 saturated carbocycles. The lowest BCUT2D eigenvalue weighted by Gasteiger charge is -2.06. The summed E-state index contributed by atoms with van der Waals surface area (Å²) in [5, 5.41) is 10.3. The monoisotopic (exact) mass is 297 g/mol.